The van der Waals surface area contributed by atoms with E-state index in [1.807, 2.05) is 0 Å². The Labute approximate surface area is 308 Å². The first-order chi connectivity index (χ1) is 25.6. The zero-order valence-electron chi connectivity index (χ0n) is 30.3. The SMILES string of the molecule is COCCN=C1C=C(N[C@H]2O[C@@H](C)[C@H](OC)[C@@H](O)[C@H]2CO)C(=O)c2cc3c(c(O)c21)C(=O)[C@]1(OC)[C@H](O)Cc2cc(C)c(C(=O)OC)c(O)c2[C@]1(O)C3=O. The molecule has 0 spiro atoms. The van der Waals surface area contributed by atoms with Gasteiger partial charge in [-0.2, -0.15) is 0 Å². The predicted octanol–water partition coefficient (Wildman–Crippen LogP) is -0.404. The zero-order chi connectivity index (χ0) is 39.6. The number of hydrogen-bond donors (Lipinski definition) is 7. The van der Waals surface area contributed by atoms with E-state index in [1.165, 1.54) is 33.3 Å². The van der Waals surface area contributed by atoms with Crippen LogP contribution in [0.2, 0.25) is 0 Å². The molecule has 0 saturated carbocycles. The predicted molar refractivity (Wildman–Crippen MR) is 185 cm³/mol. The number of hydrogen-bond acceptors (Lipinski definition) is 17. The van der Waals surface area contributed by atoms with Gasteiger partial charge in [-0.3, -0.25) is 19.4 Å². The summed E-state index contributed by atoms with van der Waals surface area (Å²) >= 11 is 0. The van der Waals surface area contributed by atoms with Gasteiger partial charge in [-0.1, -0.05) is 6.07 Å². The largest absolute Gasteiger partial charge is 0.507 e. The lowest BCUT2D eigenvalue weighted by Crippen LogP contribution is -2.73. The minimum absolute atomic E-state index is 0.00951. The topological polar surface area (TPSA) is 260 Å². The number of Topliss-reactive ketones (excluding diaryl/α,β-unsaturated/α-hetero) is 3. The summed E-state index contributed by atoms with van der Waals surface area (Å²) in [5.74, 6) is -7.21. The molecule has 1 aliphatic heterocycles. The molecular formula is C37H42N2O15. The molecular weight excluding hydrogens is 712 g/mol. The van der Waals surface area contributed by atoms with E-state index in [9.17, 15) is 49.8 Å². The molecule has 2 aromatic rings. The van der Waals surface area contributed by atoms with Gasteiger partial charge in [0.05, 0.1) is 73.6 Å². The number of rotatable bonds is 9. The number of benzene rings is 2. The van der Waals surface area contributed by atoms with Gasteiger partial charge in [0, 0.05) is 44.4 Å². The third-order valence-corrected chi connectivity index (χ3v) is 10.9. The van der Waals surface area contributed by atoms with Crippen LogP contribution >= 0.6 is 0 Å². The Morgan fingerprint density at radius 2 is 1.74 bits per heavy atom. The van der Waals surface area contributed by atoms with Gasteiger partial charge in [-0.05, 0) is 37.1 Å². The number of fused-ring (bicyclic) bond motifs is 5. The van der Waals surface area contributed by atoms with Crippen molar-refractivity contribution in [3.8, 4) is 11.5 Å². The number of aliphatic imine (C=N–C) groups is 1. The second-order valence-corrected chi connectivity index (χ2v) is 13.6. The Hall–Kier alpha value is -4.59. The molecule has 17 nitrogen and oxygen atoms in total. The van der Waals surface area contributed by atoms with Gasteiger partial charge in [0.15, 0.2) is 11.2 Å². The van der Waals surface area contributed by atoms with Gasteiger partial charge < -0.3 is 59.6 Å². The first kappa shape index (κ1) is 39.1. The van der Waals surface area contributed by atoms with Gasteiger partial charge in [0.1, 0.15) is 29.4 Å². The molecule has 8 atom stereocenters. The number of phenols is 2. The highest BCUT2D eigenvalue weighted by atomic mass is 16.6. The average molecular weight is 755 g/mol. The van der Waals surface area contributed by atoms with Crippen molar-refractivity contribution < 1.29 is 73.5 Å². The monoisotopic (exact) mass is 754 g/mol. The van der Waals surface area contributed by atoms with Crippen LogP contribution in [-0.4, -0.2) is 144 Å². The van der Waals surface area contributed by atoms with Crippen molar-refractivity contribution in [3.63, 3.8) is 0 Å². The van der Waals surface area contributed by atoms with Crippen LogP contribution in [0, 0.1) is 12.8 Å². The molecule has 290 valence electrons. The second kappa shape index (κ2) is 14.2. The third-order valence-electron chi connectivity index (χ3n) is 10.9. The third kappa shape index (κ3) is 5.33. The molecule has 7 N–H and O–H groups in total. The first-order valence-electron chi connectivity index (χ1n) is 17.0. The lowest BCUT2D eigenvalue weighted by molar-refractivity contribution is -0.214. The van der Waals surface area contributed by atoms with Crippen LogP contribution in [0.25, 0.3) is 0 Å². The average Bonchev–Trinajstić information content (AvgIpc) is 3.12. The fraction of sp³-hybridized carbons (Fsp3) is 0.486. The summed E-state index contributed by atoms with van der Waals surface area (Å²) in [6.07, 6.45) is -4.94. The Balaban J connectivity index is 1.56. The number of aliphatic hydroxyl groups excluding tert-OH is 3. The van der Waals surface area contributed by atoms with E-state index in [0.717, 1.165) is 20.3 Å². The molecule has 1 heterocycles. The maximum Gasteiger partial charge on any atom is 0.341 e. The van der Waals surface area contributed by atoms with E-state index in [-0.39, 0.29) is 46.8 Å². The number of aryl methyl sites for hydroxylation is 1. The molecule has 0 bridgehead atoms. The number of ketones is 3. The fourth-order valence-electron chi connectivity index (χ4n) is 8.29. The molecule has 3 aliphatic carbocycles. The number of carbonyl (C=O) groups is 4. The van der Waals surface area contributed by atoms with Crippen molar-refractivity contribution in [1.29, 1.82) is 0 Å². The quantitative estimate of drug-likeness (QED) is 0.127. The van der Waals surface area contributed by atoms with E-state index < -0.39 is 118 Å². The van der Waals surface area contributed by atoms with Crippen LogP contribution in [0.5, 0.6) is 11.5 Å². The van der Waals surface area contributed by atoms with Crippen molar-refractivity contribution in [2.45, 2.75) is 62.1 Å². The van der Waals surface area contributed by atoms with Crippen molar-refractivity contribution in [3.05, 3.63) is 68.4 Å². The maximum atomic E-state index is 14.8. The van der Waals surface area contributed by atoms with Crippen molar-refractivity contribution in [2.75, 3.05) is 48.2 Å². The highest BCUT2D eigenvalue weighted by molar-refractivity contribution is 6.31. The summed E-state index contributed by atoms with van der Waals surface area (Å²) in [5.41, 5.74) is -9.07. The Bertz CT molecular complexity index is 2010. The molecule has 1 saturated heterocycles. The Morgan fingerprint density at radius 3 is 2.35 bits per heavy atom. The van der Waals surface area contributed by atoms with Gasteiger partial charge in [0.2, 0.25) is 17.3 Å². The maximum absolute atomic E-state index is 14.8. The molecule has 2 aromatic carbocycles. The van der Waals surface area contributed by atoms with E-state index in [1.54, 1.807) is 6.92 Å². The molecule has 0 radical (unpaired) electrons. The highest BCUT2D eigenvalue weighted by Crippen LogP contribution is 2.56. The Morgan fingerprint density at radius 1 is 1.04 bits per heavy atom. The molecule has 4 aliphatic rings. The first-order valence-corrected chi connectivity index (χ1v) is 17.0. The van der Waals surface area contributed by atoms with Crippen LogP contribution in [0.1, 0.15) is 70.6 Å². The summed E-state index contributed by atoms with van der Waals surface area (Å²) in [5, 5.41) is 71.6. The standard InChI is InChI=1S/C37H42N2O15/c1-14-9-16-10-22(41)37(53-6)33(47)25-18(32(46)36(37,49)26(16)30(45)23(14)35(48)52-5)11-17-24(29(25)44)20(38-7-8-50-3)12-21(27(17)42)39-34-19(13-40)28(43)31(51-4)15(2)54-34/h9,11-12,15,19,22,28,31,34,39-41,43-45,49H,7-8,10,13H2,1-6H3/t15-,19+,22+,28-,31-,34-,36-,37+/m0/s1. The minimum Gasteiger partial charge on any atom is -0.507 e. The summed E-state index contributed by atoms with van der Waals surface area (Å²) in [6, 6.07) is 2.34. The second-order valence-electron chi connectivity index (χ2n) is 13.6. The fourth-order valence-corrected chi connectivity index (χ4v) is 8.29. The zero-order valence-corrected chi connectivity index (χ0v) is 30.3. The number of phenolic OH excluding ortho intramolecular Hbond substituents is 2. The summed E-state index contributed by atoms with van der Waals surface area (Å²) in [6.45, 7) is 2.64. The number of ether oxygens (including phenoxy) is 5. The molecule has 0 unspecified atom stereocenters. The number of carbonyl (C=O) groups excluding carboxylic acids is 4. The van der Waals surface area contributed by atoms with Gasteiger partial charge >= 0.3 is 5.97 Å². The number of esters is 1. The lowest BCUT2D eigenvalue weighted by atomic mass is 9.56. The van der Waals surface area contributed by atoms with Gasteiger partial charge in [-0.25, -0.2) is 4.79 Å². The van der Waals surface area contributed by atoms with Gasteiger partial charge in [0.25, 0.3) is 0 Å². The van der Waals surface area contributed by atoms with Crippen LogP contribution < -0.4 is 5.32 Å². The van der Waals surface area contributed by atoms with E-state index in [2.05, 4.69) is 10.3 Å². The number of nitrogens with one attached hydrogen (secondary N) is 1. The van der Waals surface area contributed by atoms with E-state index >= 15 is 0 Å². The molecule has 0 amide bonds. The summed E-state index contributed by atoms with van der Waals surface area (Å²) < 4.78 is 26.8. The molecule has 1 fully saturated rings. The van der Waals surface area contributed by atoms with Crippen LogP contribution in [0.15, 0.2) is 28.9 Å². The molecule has 17 heteroatoms. The highest BCUT2D eigenvalue weighted by Gasteiger charge is 2.72. The number of allylic oxidation sites excluding steroid dienone is 2. The number of aromatic hydroxyl groups is 2. The molecule has 0 aromatic heterocycles. The summed E-state index contributed by atoms with van der Waals surface area (Å²) in [4.78, 5) is 61.1. The number of nitrogens with zero attached hydrogens (tertiary/aromatic N) is 1. The lowest BCUT2D eigenvalue weighted by Gasteiger charge is -2.53. The van der Waals surface area contributed by atoms with Crippen molar-refractivity contribution >= 4 is 29.0 Å². The normalized spacial score (nSPS) is 31.0. The molecule has 54 heavy (non-hydrogen) atoms. The number of methoxy groups -OCH3 is 4. The van der Waals surface area contributed by atoms with E-state index in [4.69, 9.17) is 23.7 Å². The minimum atomic E-state index is -3.21. The summed E-state index contributed by atoms with van der Waals surface area (Å²) in [7, 11) is 4.82. The van der Waals surface area contributed by atoms with Crippen molar-refractivity contribution in [2.24, 2.45) is 10.9 Å². The smallest absolute Gasteiger partial charge is 0.341 e. The van der Waals surface area contributed by atoms with Crippen LogP contribution in [0.4, 0.5) is 0 Å². The van der Waals surface area contributed by atoms with Crippen LogP contribution in [-0.2, 0) is 35.7 Å². The van der Waals surface area contributed by atoms with Crippen LogP contribution in [0.3, 0.4) is 0 Å². The van der Waals surface area contributed by atoms with E-state index in [0.29, 0.717) is 0 Å². The number of aliphatic hydroxyl groups is 4. The molecule has 6 rings (SSSR count). The van der Waals surface area contributed by atoms with Crippen molar-refractivity contribution in [1.82, 2.24) is 5.32 Å². The van der Waals surface area contributed by atoms with Gasteiger partial charge in [-0.15, -0.1) is 0 Å². The Kier molecular flexibility index (Phi) is 10.3.